The van der Waals surface area contributed by atoms with Gasteiger partial charge in [-0.1, -0.05) is 30.3 Å². The quantitative estimate of drug-likeness (QED) is 0.814. The minimum absolute atomic E-state index is 0.389. The van der Waals surface area contributed by atoms with Gasteiger partial charge in [-0.3, -0.25) is 9.58 Å². The lowest BCUT2D eigenvalue weighted by atomic mass is 10.1. The minimum Gasteiger partial charge on any atom is -0.387 e. The van der Waals surface area contributed by atoms with Crippen molar-refractivity contribution in [2.75, 3.05) is 13.1 Å². The first-order valence-electron chi connectivity index (χ1n) is 8.17. The Morgan fingerprint density at radius 3 is 2.73 bits per heavy atom. The van der Waals surface area contributed by atoms with Crippen molar-refractivity contribution < 1.29 is 5.11 Å². The number of aromatic nitrogens is 2. The summed E-state index contributed by atoms with van der Waals surface area (Å²) in [7, 11) is 1.95. The molecule has 1 aliphatic rings. The Bertz CT molecular complexity index is 577. The van der Waals surface area contributed by atoms with E-state index in [0.29, 0.717) is 6.04 Å². The monoisotopic (exact) mass is 299 g/mol. The fraction of sp³-hybridized carbons (Fsp3) is 0.500. The predicted octanol–water partition coefficient (Wildman–Crippen LogP) is 2.55. The summed E-state index contributed by atoms with van der Waals surface area (Å²) in [6.07, 6.45) is 8.35. The SMILES string of the molecule is Cn1cc(CCCN(C[C@H](O)c2ccccc2)C2CC2)cn1. The Hall–Kier alpha value is -1.65. The average molecular weight is 299 g/mol. The summed E-state index contributed by atoms with van der Waals surface area (Å²) in [6, 6.07) is 10.6. The van der Waals surface area contributed by atoms with Crippen LogP contribution in [0.2, 0.25) is 0 Å². The summed E-state index contributed by atoms with van der Waals surface area (Å²) in [6.45, 7) is 1.78. The summed E-state index contributed by atoms with van der Waals surface area (Å²) in [5.74, 6) is 0. The maximum absolute atomic E-state index is 10.4. The maximum atomic E-state index is 10.4. The van der Waals surface area contributed by atoms with Crippen LogP contribution in [0.15, 0.2) is 42.7 Å². The van der Waals surface area contributed by atoms with Gasteiger partial charge >= 0.3 is 0 Å². The van der Waals surface area contributed by atoms with Crippen LogP contribution in [-0.4, -0.2) is 38.9 Å². The van der Waals surface area contributed by atoms with E-state index in [9.17, 15) is 5.11 Å². The first-order valence-corrected chi connectivity index (χ1v) is 8.17. The third-order valence-corrected chi connectivity index (χ3v) is 4.32. The second kappa shape index (κ2) is 7.07. The molecule has 1 atom stereocenters. The number of rotatable bonds is 8. The highest BCUT2D eigenvalue weighted by atomic mass is 16.3. The zero-order chi connectivity index (χ0) is 15.4. The van der Waals surface area contributed by atoms with E-state index in [-0.39, 0.29) is 6.10 Å². The maximum Gasteiger partial charge on any atom is 0.0917 e. The molecular formula is C18H25N3O. The molecule has 4 nitrogen and oxygen atoms in total. The van der Waals surface area contributed by atoms with Crippen LogP contribution >= 0.6 is 0 Å². The van der Waals surface area contributed by atoms with Crippen LogP contribution in [-0.2, 0) is 13.5 Å². The zero-order valence-electron chi connectivity index (χ0n) is 13.2. The highest BCUT2D eigenvalue weighted by molar-refractivity contribution is 5.17. The van der Waals surface area contributed by atoms with Gasteiger partial charge in [-0.05, 0) is 43.4 Å². The Labute approximate surface area is 132 Å². The van der Waals surface area contributed by atoms with Crippen molar-refractivity contribution in [1.82, 2.24) is 14.7 Å². The minimum atomic E-state index is -0.389. The molecule has 3 rings (SSSR count). The molecule has 1 fully saturated rings. The van der Waals surface area contributed by atoms with Crippen LogP contribution in [0.3, 0.4) is 0 Å². The second-order valence-electron chi connectivity index (χ2n) is 6.28. The zero-order valence-corrected chi connectivity index (χ0v) is 13.2. The molecule has 1 saturated carbocycles. The Kier molecular flexibility index (Phi) is 4.90. The molecule has 0 unspecified atom stereocenters. The van der Waals surface area contributed by atoms with Crippen LogP contribution in [0, 0.1) is 0 Å². The first-order chi connectivity index (χ1) is 10.7. The Morgan fingerprint density at radius 1 is 1.32 bits per heavy atom. The van der Waals surface area contributed by atoms with Gasteiger partial charge in [-0.2, -0.15) is 5.10 Å². The molecule has 0 amide bonds. The highest BCUT2D eigenvalue weighted by Crippen LogP contribution is 2.29. The van der Waals surface area contributed by atoms with Crippen molar-refractivity contribution in [3.63, 3.8) is 0 Å². The van der Waals surface area contributed by atoms with Gasteiger partial charge in [0.25, 0.3) is 0 Å². The molecule has 1 aromatic carbocycles. The lowest BCUT2D eigenvalue weighted by Crippen LogP contribution is -2.32. The van der Waals surface area contributed by atoms with Crippen molar-refractivity contribution in [2.45, 2.75) is 37.8 Å². The van der Waals surface area contributed by atoms with E-state index < -0.39 is 0 Å². The van der Waals surface area contributed by atoms with Crippen molar-refractivity contribution in [1.29, 1.82) is 0 Å². The van der Waals surface area contributed by atoms with Crippen LogP contribution in [0.5, 0.6) is 0 Å². The van der Waals surface area contributed by atoms with Crippen molar-refractivity contribution in [3.8, 4) is 0 Å². The molecule has 4 heteroatoms. The average Bonchev–Trinajstić information content (AvgIpc) is 3.30. The van der Waals surface area contributed by atoms with Gasteiger partial charge in [-0.15, -0.1) is 0 Å². The van der Waals surface area contributed by atoms with Gasteiger partial charge in [0.15, 0.2) is 0 Å². The van der Waals surface area contributed by atoms with Crippen LogP contribution in [0.4, 0.5) is 0 Å². The number of nitrogens with zero attached hydrogens (tertiary/aromatic N) is 3. The van der Waals surface area contributed by atoms with Gasteiger partial charge in [0.05, 0.1) is 12.3 Å². The molecule has 1 heterocycles. The molecule has 0 radical (unpaired) electrons. The summed E-state index contributed by atoms with van der Waals surface area (Å²) in [4.78, 5) is 2.45. The molecule has 1 N–H and O–H groups in total. The third-order valence-electron chi connectivity index (χ3n) is 4.32. The molecule has 2 aromatic rings. The third kappa shape index (κ3) is 4.18. The summed E-state index contributed by atoms with van der Waals surface area (Å²) >= 11 is 0. The number of hydrogen-bond acceptors (Lipinski definition) is 3. The highest BCUT2D eigenvalue weighted by Gasteiger charge is 2.30. The van der Waals surface area contributed by atoms with E-state index in [1.54, 1.807) is 0 Å². The molecule has 0 spiro atoms. The van der Waals surface area contributed by atoms with Gasteiger partial charge in [0.2, 0.25) is 0 Å². The lowest BCUT2D eigenvalue weighted by Gasteiger charge is -2.25. The van der Waals surface area contributed by atoms with Crippen molar-refractivity contribution in [3.05, 3.63) is 53.9 Å². The largest absolute Gasteiger partial charge is 0.387 e. The van der Waals surface area contributed by atoms with E-state index in [1.165, 1.54) is 18.4 Å². The standard InChI is InChI=1S/C18H25N3O/c1-20-13-15(12-19-20)6-5-11-21(17-9-10-17)14-18(22)16-7-3-2-4-8-16/h2-4,7-8,12-13,17-18,22H,5-6,9-11,14H2,1H3/t18-/m0/s1. The molecule has 0 aliphatic heterocycles. The van der Waals surface area contributed by atoms with Crippen molar-refractivity contribution >= 4 is 0 Å². The topological polar surface area (TPSA) is 41.3 Å². The van der Waals surface area contributed by atoms with Gasteiger partial charge in [-0.25, -0.2) is 0 Å². The number of aryl methyl sites for hydroxylation is 2. The van der Waals surface area contributed by atoms with Crippen molar-refractivity contribution in [2.24, 2.45) is 7.05 Å². The fourth-order valence-corrected chi connectivity index (χ4v) is 2.95. The number of benzene rings is 1. The Balaban J connectivity index is 1.50. The molecule has 0 bridgehead atoms. The molecule has 118 valence electrons. The number of aliphatic hydroxyl groups is 1. The van der Waals surface area contributed by atoms with E-state index in [0.717, 1.165) is 31.5 Å². The van der Waals surface area contributed by atoms with Gasteiger partial charge < -0.3 is 5.11 Å². The fourth-order valence-electron chi connectivity index (χ4n) is 2.95. The first kappa shape index (κ1) is 15.3. The number of hydrogen-bond donors (Lipinski definition) is 1. The van der Waals surface area contributed by atoms with Crippen LogP contribution < -0.4 is 0 Å². The lowest BCUT2D eigenvalue weighted by molar-refractivity contribution is 0.108. The molecule has 0 saturated heterocycles. The van der Waals surface area contributed by atoms with E-state index in [4.69, 9.17) is 0 Å². The van der Waals surface area contributed by atoms with E-state index >= 15 is 0 Å². The van der Waals surface area contributed by atoms with Crippen LogP contribution in [0.1, 0.15) is 36.5 Å². The summed E-state index contributed by atoms with van der Waals surface area (Å²) in [5.41, 5.74) is 2.31. The molecule has 1 aliphatic carbocycles. The normalized spacial score (nSPS) is 16.1. The van der Waals surface area contributed by atoms with E-state index in [1.807, 2.05) is 48.3 Å². The summed E-state index contributed by atoms with van der Waals surface area (Å²) in [5, 5.41) is 14.6. The second-order valence-corrected chi connectivity index (χ2v) is 6.28. The predicted molar refractivity (Wildman–Crippen MR) is 87.5 cm³/mol. The number of aliphatic hydroxyl groups excluding tert-OH is 1. The van der Waals surface area contributed by atoms with Gasteiger partial charge in [0.1, 0.15) is 0 Å². The molecule has 1 aromatic heterocycles. The van der Waals surface area contributed by atoms with Gasteiger partial charge in [0, 0.05) is 25.8 Å². The smallest absolute Gasteiger partial charge is 0.0917 e. The Morgan fingerprint density at radius 2 is 2.09 bits per heavy atom. The molecule has 22 heavy (non-hydrogen) atoms. The van der Waals surface area contributed by atoms with E-state index in [2.05, 4.69) is 16.2 Å². The molecular weight excluding hydrogens is 274 g/mol. The summed E-state index contributed by atoms with van der Waals surface area (Å²) < 4.78 is 1.85. The van der Waals surface area contributed by atoms with Crippen LogP contribution in [0.25, 0.3) is 0 Å².